The van der Waals surface area contributed by atoms with Gasteiger partial charge in [-0.25, -0.2) is 0 Å². The van der Waals surface area contributed by atoms with E-state index in [4.69, 9.17) is 0 Å². The van der Waals surface area contributed by atoms with E-state index in [1.807, 2.05) is 30.3 Å². The van der Waals surface area contributed by atoms with E-state index in [1.54, 1.807) is 12.2 Å². The van der Waals surface area contributed by atoms with Crippen molar-refractivity contribution in [3.05, 3.63) is 81.9 Å². The van der Waals surface area contributed by atoms with E-state index < -0.39 is 46.1 Å². The second-order valence-electron chi connectivity index (χ2n) is 7.67. The maximum Gasteiger partial charge on any atom is 0.325 e. The quantitative estimate of drug-likeness (QED) is 0.365. The summed E-state index contributed by atoms with van der Waals surface area (Å²) < 4.78 is 0. The Hall–Kier alpha value is -3.85. The number of carbonyl (C=O) groups excluding carboxylic acids is 2. The zero-order valence-electron chi connectivity index (χ0n) is 16.2. The number of amides is 2. The molecule has 2 aliphatic heterocycles. The number of benzene rings is 2. The molecule has 0 radical (unpaired) electrons. The Kier molecular flexibility index (Phi) is 5.12. The third kappa shape index (κ3) is 3.59. The van der Waals surface area contributed by atoms with Crippen molar-refractivity contribution in [1.82, 2.24) is 10.6 Å². The van der Waals surface area contributed by atoms with Crippen molar-refractivity contribution in [3.8, 4) is 0 Å². The van der Waals surface area contributed by atoms with Gasteiger partial charge in [-0.05, 0) is 11.1 Å². The van der Waals surface area contributed by atoms with E-state index in [-0.39, 0.29) is 12.1 Å². The first-order valence-corrected chi connectivity index (χ1v) is 9.64. The second-order valence-corrected chi connectivity index (χ2v) is 7.67. The first-order chi connectivity index (χ1) is 14.8. The number of non-ortho nitro benzene ring substituents is 1. The fraction of sp³-hybridized carbons (Fsp3) is 0.227. The average Bonchev–Trinajstić information content (AvgIpc) is 3.24. The zero-order chi connectivity index (χ0) is 22.2. The predicted molar refractivity (Wildman–Crippen MR) is 110 cm³/mol. The van der Waals surface area contributed by atoms with Crippen LogP contribution in [0.5, 0.6) is 0 Å². The van der Waals surface area contributed by atoms with Crippen LogP contribution in [0.1, 0.15) is 11.1 Å². The van der Waals surface area contributed by atoms with Crippen LogP contribution in [-0.2, 0) is 20.8 Å². The maximum atomic E-state index is 12.6. The van der Waals surface area contributed by atoms with Crippen LogP contribution in [0.4, 0.5) is 5.69 Å². The van der Waals surface area contributed by atoms with Gasteiger partial charge < -0.3 is 5.11 Å². The van der Waals surface area contributed by atoms with Gasteiger partial charge in [-0.3, -0.25) is 35.1 Å². The molecule has 9 heteroatoms. The number of rotatable bonds is 6. The molecule has 0 saturated carbocycles. The monoisotopic (exact) mass is 421 g/mol. The van der Waals surface area contributed by atoms with Crippen molar-refractivity contribution >= 4 is 29.5 Å². The minimum absolute atomic E-state index is 0.113. The largest absolute Gasteiger partial charge is 0.480 e. The number of fused-ring (bicyclic) bond motifs is 1. The normalized spacial score (nSPS) is 27.3. The average molecular weight is 421 g/mol. The molecule has 158 valence electrons. The summed E-state index contributed by atoms with van der Waals surface area (Å²) in [5.41, 5.74) is -0.487. The van der Waals surface area contributed by atoms with E-state index in [2.05, 4.69) is 10.6 Å². The van der Waals surface area contributed by atoms with E-state index in [1.165, 1.54) is 24.3 Å². The number of hydrogen-bond donors (Lipinski definition) is 3. The van der Waals surface area contributed by atoms with Crippen LogP contribution >= 0.6 is 0 Å². The lowest BCUT2D eigenvalue weighted by Crippen LogP contribution is -2.57. The van der Waals surface area contributed by atoms with Gasteiger partial charge in [-0.15, -0.1) is 0 Å². The standard InChI is InChI=1S/C22H19N3O6/c26-19-17-16(11-8-13-4-2-1-3-5-13)24-22(21(28)29,18(17)20(27)23-19)12-14-6-9-15(10-7-14)25(30)31/h1-11,16-18,24H,12H2,(H,28,29)(H,23,26,27)/b11-8+. The highest BCUT2D eigenvalue weighted by atomic mass is 16.6. The molecule has 2 saturated heterocycles. The van der Waals surface area contributed by atoms with Gasteiger partial charge in [0.1, 0.15) is 5.54 Å². The molecular weight excluding hydrogens is 402 g/mol. The van der Waals surface area contributed by atoms with Crippen LogP contribution in [0.15, 0.2) is 60.7 Å². The molecule has 2 heterocycles. The van der Waals surface area contributed by atoms with Gasteiger partial charge in [-0.1, -0.05) is 54.6 Å². The summed E-state index contributed by atoms with van der Waals surface area (Å²) in [4.78, 5) is 47.9. The van der Waals surface area contributed by atoms with Crippen molar-refractivity contribution in [2.24, 2.45) is 11.8 Å². The van der Waals surface area contributed by atoms with Crippen molar-refractivity contribution in [3.63, 3.8) is 0 Å². The van der Waals surface area contributed by atoms with Crippen LogP contribution in [0.2, 0.25) is 0 Å². The summed E-state index contributed by atoms with van der Waals surface area (Å²) in [6.45, 7) is 0. The number of nitrogens with one attached hydrogen (secondary N) is 2. The van der Waals surface area contributed by atoms with Gasteiger partial charge in [-0.2, -0.15) is 0 Å². The van der Waals surface area contributed by atoms with Gasteiger partial charge in [0.25, 0.3) is 5.69 Å². The van der Waals surface area contributed by atoms with E-state index >= 15 is 0 Å². The Bertz CT molecular complexity index is 1080. The molecule has 0 aliphatic carbocycles. The summed E-state index contributed by atoms with van der Waals surface area (Å²) in [5.74, 6) is -4.40. The number of nitrogens with zero attached hydrogens (tertiary/aromatic N) is 1. The molecule has 0 spiro atoms. The molecule has 2 amide bonds. The highest BCUT2D eigenvalue weighted by molar-refractivity contribution is 6.09. The highest BCUT2D eigenvalue weighted by Gasteiger charge is 2.65. The Labute approximate surface area is 176 Å². The smallest absolute Gasteiger partial charge is 0.325 e. The Balaban J connectivity index is 1.70. The summed E-state index contributed by atoms with van der Waals surface area (Å²) in [6.07, 6.45) is 3.36. The van der Waals surface area contributed by atoms with Crippen LogP contribution in [-0.4, -0.2) is 39.4 Å². The number of carboxylic acids is 1. The van der Waals surface area contributed by atoms with E-state index in [9.17, 15) is 29.6 Å². The third-order valence-electron chi connectivity index (χ3n) is 5.84. The Morgan fingerprint density at radius 1 is 1.10 bits per heavy atom. The van der Waals surface area contributed by atoms with Gasteiger partial charge >= 0.3 is 5.97 Å². The molecule has 4 rings (SSSR count). The minimum Gasteiger partial charge on any atom is -0.480 e. The molecule has 0 bridgehead atoms. The lowest BCUT2D eigenvalue weighted by Gasteiger charge is -2.29. The number of hydrogen-bond acceptors (Lipinski definition) is 6. The third-order valence-corrected chi connectivity index (χ3v) is 5.84. The maximum absolute atomic E-state index is 12.6. The fourth-order valence-corrected chi connectivity index (χ4v) is 4.41. The second kappa shape index (κ2) is 7.77. The number of aliphatic carboxylic acids is 1. The Morgan fingerprint density at radius 3 is 2.39 bits per heavy atom. The molecular formula is C22H19N3O6. The SMILES string of the molecule is O=C1NC(=O)C2C1C(/C=C/c1ccccc1)NC2(Cc1ccc([N+](=O)[O-])cc1)C(=O)O. The number of nitro benzene ring substituents is 1. The minimum atomic E-state index is -1.73. The summed E-state index contributed by atoms with van der Waals surface area (Å²) in [5, 5.41) is 26.3. The van der Waals surface area contributed by atoms with Crippen LogP contribution in [0.25, 0.3) is 6.08 Å². The molecule has 0 aromatic heterocycles. The molecule has 31 heavy (non-hydrogen) atoms. The van der Waals surface area contributed by atoms with E-state index in [0.29, 0.717) is 5.56 Å². The molecule has 3 N–H and O–H groups in total. The molecule has 2 aromatic rings. The molecule has 2 fully saturated rings. The topological polar surface area (TPSA) is 139 Å². The van der Waals surface area contributed by atoms with Crippen molar-refractivity contribution in [1.29, 1.82) is 0 Å². The highest BCUT2D eigenvalue weighted by Crippen LogP contribution is 2.42. The van der Waals surface area contributed by atoms with Crippen LogP contribution in [0.3, 0.4) is 0 Å². The fourth-order valence-electron chi connectivity index (χ4n) is 4.41. The molecule has 2 aliphatic rings. The summed E-state index contributed by atoms with van der Waals surface area (Å²) in [6, 6.07) is 14.1. The van der Waals surface area contributed by atoms with Crippen molar-refractivity contribution in [2.75, 3.05) is 0 Å². The predicted octanol–water partition coefficient (Wildman–Crippen LogP) is 1.53. The number of nitro groups is 1. The molecule has 9 nitrogen and oxygen atoms in total. The van der Waals surface area contributed by atoms with Gasteiger partial charge in [0.2, 0.25) is 11.8 Å². The van der Waals surface area contributed by atoms with Gasteiger partial charge in [0.15, 0.2) is 0 Å². The van der Waals surface area contributed by atoms with Gasteiger partial charge in [0.05, 0.1) is 16.8 Å². The molecule has 2 aromatic carbocycles. The van der Waals surface area contributed by atoms with Crippen LogP contribution < -0.4 is 10.6 Å². The summed E-state index contributed by atoms with van der Waals surface area (Å²) >= 11 is 0. The Morgan fingerprint density at radius 2 is 1.77 bits per heavy atom. The molecule has 4 atom stereocenters. The first-order valence-electron chi connectivity index (χ1n) is 9.64. The molecule has 4 unspecified atom stereocenters. The summed E-state index contributed by atoms with van der Waals surface area (Å²) in [7, 11) is 0. The van der Waals surface area contributed by atoms with Gasteiger partial charge in [0, 0.05) is 24.6 Å². The lowest BCUT2D eigenvalue weighted by molar-refractivity contribution is -0.384. The van der Waals surface area contributed by atoms with Crippen molar-refractivity contribution < 1.29 is 24.4 Å². The number of imide groups is 1. The van der Waals surface area contributed by atoms with Crippen molar-refractivity contribution in [2.45, 2.75) is 18.0 Å². The zero-order valence-corrected chi connectivity index (χ0v) is 16.2. The number of carbonyl (C=O) groups is 3. The van der Waals surface area contributed by atoms with E-state index in [0.717, 1.165) is 5.56 Å². The first kappa shape index (κ1) is 20.4. The lowest BCUT2D eigenvalue weighted by atomic mass is 9.76. The number of carboxylic acid groups (broad SMARTS) is 1. The van der Waals surface area contributed by atoms with Crippen LogP contribution in [0, 0.1) is 22.0 Å².